The first-order valence-electron chi connectivity index (χ1n) is 6.03. The molecule has 1 aliphatic heterocycles. The minimum Gasteiger partial charge on any atom is -0.343 e. The van der Waals surface area contributed by atoms with E-state index in [9.17, 15) is 4.79 Å². The number of likely N-dealkylation sites (N-methyl/N-ethyl adjacent to an activating group) is 1. The van der Waals surface area contributed by atoms with Gasteiger partial charge in [0.1, 0.15) is 5.54 Å². The molecule has 3 nitrogen and oxygen atoms in total. The van der Waals surface area contributed by atoms with E-state index in [-0.39, 0.29) is 5.91 Å². The van der Waals surface area contributed by atoms with Gasteiger partial charge in [0.25, 0.3) is 0 Å². The predicted molar refractivity (Wildman–Crippen MR) is 68.9 cm³/mol. The van der Waals surface area contributed by atoms with Gasteiger partial charge in [0, 0.05) is 20.1 Å². The Labute approximate surface area is 103 Å². The molecule has 3 heteroatoms. The maximum Gasteiger partial charge on any atom is 0.246 e. The summed E-state index contributed by atoms with van der Waals surface area (Å²) in [5.74, 6) is 0.149. The Morgan fingerprint density at radius 3 is 2.71 bits per heavy atom. The Bertz CT molecular complexity index is 456. The molecule has 1 N–H and O–H groups in total. The maximum atomic E-state index is 12.3. The molecule has 0 radical (unpaired) electrons. The molecule has 0 aliphatic carbocycles. The van der Waals surface area contributed by atoms with E-state index in [1.165, 1.54) is 11.1 Å². The van der Waals surface area contributed by atoms with Crippen molar-refractivity contribution in [2.24, 2.45) is 0 Å². The van der Waals surface area contributed by atoms with Gasteiger partial charge in [-0.05, 0) is 31.9 Å². The molecule has 2 rings (SSSR count). The number of piperazine rings is 1. The smallest absolute Gasteiger partial charge is 0.246 e. The highest BCUT2D eigenvalue weighted by atomic mass is 16.2. The van der Waals surface area contributed by atoms with Crippen molar-refractivity contribution in [2.75, 3.05) is 20.1 Å². The second kappa shape index (κ2) is 4.15. The molecular weight excluding hydrogens is 212 g/mol. The second-order valence-corrected chi connectivity index (χ2v) is 5.10. The molecular formula is C14H20N2O. The largest absolute Gasteiger partial charge is 0.343 e. The van der Waals surface area contributed by atoms with Crippen molar-refractivity contribution in [1.29, 1.82) is 0 Å². The predicted octanol–water partition coefficient (Wildman–Crippen LogP) is 1.58. The molecule has 92 valence electrons. The molecule has 1 aliphatic rings. The van der Waals surface area contributed by atoms with Crippen molar-refractivity contribution in [3.63, 3.8) is 0 Å². The van der Waals surface area contributed by atoms with Crippen molar-refractivity contribution in [3.05, 3.63) is 34.9 Å². The van der Waals surface area contributed by atoms with E-state index in [0.717, 1.165) is 18.7 Å². The Morgan fingerprint density at radius 1 is 1.35 bits per heavy atom. The van der Waals surface area contributed by atoms with E-state index >= 15 is 0 Å². The number of carbonyl (C=O) groups is 1. The van der Waals surface area contributed by atoms with Crippen LogP contribution < -0.4 is 5.32 Å². The zero-order chi connectivity index (χ0) is 12.6. The molecule has 0 saturated carbocycles. The fourth-order valence-electron chi connectivity index (χ4n) is 2.62. The fourth-order valence-corrected chi connectivity index (χ4v) is 2.62. The van der Waals surface area contributed by atoms with Crippen LogP contribution in [0.5, 0.6) is 0 Å². The van der Waals surface area contributed by atoms with Gasteiger partial charge in [-0.3, -0.25) is 10.1 Å². The highest BCUT2D eigenvalue weighted by Gasteiger charge is 2.40. The van der Waals surface area contributed by atoms with Gasteiger partial charge >= 0.3 is 0 Å². The number of carbonyl (C=O) groups excluding carboxylic acids is 1. The average molecular weight is 232 g/mol. The average Bonchev–Trinajstić information content (AvgIpc) is 2.25. The summed E-state index contributed by atoms with van der Waals surface area (Å²) in [6.07, 6.45) is 0. The van der Waals surface area contributed by atoms with Crippen molar-refractivity contribution in [3.8, 4) is 0 Å². The third-order valence-corrected chi connectivity index (χ3v) is 3.62. The Balaban J connectivity index is 2.46. The van der Waals surface area contributed by atoms with Gasteiger partial charge in [0.2, 0.25) is 5.91 Å². The van der Waals surface area contributed by atoms with Gasteiger partial charge in [-0.25, -0.2) is 0 Å². The molecule has 0 aromatic heterocycles. The van der Waals surface area contributed by atoms with E-state index in [0.29, 0.717) is 0 Å². The van der Waals surface area contributed by atoms with E-state index in [1.54, 1.807) is 4.90 Å². The summed E-state index contributed by atoms with van der Waals surface area (Å²) >= 11 is 0. The summed E-state index contributed by atoms with van der Waals surface area (Å²) in [4.78, 5) is 14.1. The second-order valence-electron chi connectivity index (χ2n) is 5.10. The van der Waals surface area contributed by atoms with Gasteiger partial charge in [-0.2, -0.15) is 0 Å². The zero-order valence-electron chi connectivity index (χ0n) is 11.0. The number of hydrogen-bond donors (Lipinski definition) is 1. The number of aryl methyl sites for hydroxylation is 2. The first-order valence-corrected chi connectivity index (χ1v) is 6.03. The van der Waals surface area contributed by atoms with Crippen molar-refractivity contribution >= 4 is 5.91 Å². The molecule has 1 amide bonds. The molecule has 1 fully saturated rings. The number of rotatable bonds is 1. The molecule has 0 bridgehead atoms. The monoisotopic (exact) mass is 232 g/mol. The molecule has 1 aromatic rings. The van der Waals surface area contributed by atoms with Gasteiger partial charge in [0.05, 0.1) is 0 Å². The SMILES string of the molecule is Cc1ccc(C2(C)NCCN(C)C2=O)c(C)c1. The van der Waals surface area contributed by atoms with Crippen LogP contribution in [-0.2, 0) is 10.3 Å². The maximum absolute atomic E-state index is 12.3. The molecule has 1 saturated heterocycles. The van der Waals surface area contributed by atoms with Gasteiger partial charge in [-0.1, -0.05) is 23.8 Å². The lowest BCUT2D eigenvalue weighted by Crippen LogP contribution is -2.59. The third kappa shape index (κ3) is 1.95. The Morgan fingerprint density at radius 2 is 2.06 bits per heavy atom. The number of amides is 1. The van der Waals surface area contributed by atoms with E-state index < -0.39 is 5.54 Å². The van der Waals surface area contributed by atoms with E-state index in [2.05, 4.69) is 37.4 Å². The molecule has 1 heterocycles. The lowest BCUT2D eigenvalue weighted by Gasteiger charge is -2.39. The van der Waals surface area contributed by atoms with Crippen molar-refractivity contribution in [2.45, 2.75) is 26.3 Å². The highest BCUT2D eigenvalue weighted by Crippen LogP contribution is 2.28. The summed E-state index contributed by atoms with van der Waals surface area (Å²) in [5, 5.41) is 3.36. The van der Waals surface area contributed by atoms with Crippen LogP contribution in [0, 0.1) is 13.8 Å². The lowest BCUT2D eigenvalue weighted by molar-refractivity contribution is -0.139. The van der Waals surface area contributed by atoms with Crippen LogP contribution in [-0.4, -0.2) is 30.9 Å². The van der Waals surface area contributed by atoms with Crippen LogP contribution in [0.4, 0.5) is 0 Å². The summed E-state index contributed by atoms with van der Waals surface area (Å²) in [5.41, 5.74) is 2.90. The topological polar surface area (TPSA) is 32.3 Å². The number of nitrogens with one attached hydrogen (secondary N) is 1. The van der Waals surface area contributed by atoms with Crippen LogP contribution >= 0.6 is 0 Å². The number of hydrogen-bond acceptors (Lipinski definition) is 2. The standard InChI is InChI=1S/C14H20N2O/c1-10-5-6-12(11(2)9-10)14(3)13(17)16(4)8-7-15-14/h5-6,9,15H,7-8H2,1-4H3. The quantitative estimate of drug-likeness (QED) is 0.797. The Kier molecular flexibility index (Phi) is 2.96. The first-order chi connectivity index (χ1) is 7.95. The van der Waals surface area contributed by atoms with Gasteiger partial charge in [-0.15, -0.1) is 0 Å². The number of nitrogens with zero attached hydrogens (tertiary/aromatic N) is 1. The molecule has 0 spiro atoms. The van der Waals surface area contributed by atoms with Crippen LogP contribution in [0.25, 0.3) is 0 Å². The van der Waals surface area contributed by atoms with Crippen molar-refractivity contribution < 1.29 is 4.79 Å². The Hall–Kier alpha value is -1.35. The minimum atomic E-state index is -0.579. The summed E-state index contributed by atoms with van der Waals surface area (Å²) < 4.78 is 0. The van der Waals surface area contributed by atoms with Crippen LogP contribution in [0.2, 0.25) is 0 Å². The summed E-state index contributed by atoms with van der Waals surface area (Å²) in [6, 6.07) is 6.26. The molecule has 1 aromatic carbocycles. The van der Waals surface area contributed by atoms with Crippen LogP contribution in [0.15, 0.2) is 18.2 Å². The van der Waals surface area contributed by atoms with Gasteiger partial charge in [0.15, 0.2) is 0 Å². The van der Waals surface area contributed by atoms with Crippen molar-refractivity contribution in [1.82, 2.24) is 10.2 Å². The van der Waals surface area contributed by atoms with E-state index in [1.807, 2.05) is 14.0 Å². The highest BCUT2D eigenvalue weighted by molar-refractivity contribution is 5.88. The molecule has 17 heavy (non-hydrogen) atoms. The molecule has 1 unspecified atom stereocenters. The minimum absolute atomic E-state index is 0.149. The van der Waals surface area contributed by atoms with E-state index in [4.69, 9.17) is 0 Å². The van der Waals surface area contributed by atoms with Crippen LogP contribution in [0.1, 0.15) is 23.6 Å². The van der Waals surface area contributed by atoms with Gasteiger partial charge < -0.3 is 4.90 Å². The summed E-state index contributed by atoms with van der Waals surface area (Å²) in [7, 11) is 1.87. The zero-order valence-corrected chi connectivity index (χ0v) is 11.0. The fraction of sp³-hybridized carbons (Fsp3) is 0.500. The lowest BCUT2D eigenvalue weighted by atomic mass is 9.85. The first kappa shape index (κ1) is 12.1. The molecule has 1 atom stereocenters. The number of benzene rings is 1. The normalized spacial score (nSPS) is 25.2. The van der Waals surface area contributed by atoms with Crippen LogP contribution in [0.3, 0.4) is 0 Å². The summed E-state index contributed by atoms with van der Waals surface area (Å²) in [6.45, 7) is 7.73. The third-order valence-electron chi connectivity index (χ3n) is 3.62.